The zero-order valence-corrected chi connectivity index (χ0v) is 13.0. The maximum absolute atomic E-state index is 11.7. The van der Waals surface area contributed by atoms with Gasteiger partial charge in [0.25, 0.3) is 0 Å². The van der Waals surface area contributed by atoms with Crippen molar-refractivity contribution >= 4 is 15.8 Å². The minimum absolute atomic E-state index is 0.0424. The fourth-order valence-electron chi connectivity index (χ4n) is 2.77. The van der Waals surface area contributed by atoms with Gasteiger partial charge in [0.05, 0.1) is 17.1 Å². The molecule has 0 bridgehead atoms. The zero-order chi connectivity index (χ0) is 15.5. The maximum Gasteiger partial charge on any atom is 0.335 e. The van der Waals surface area contributed by atoms with E-state index in [4.69, 9.17) is 5.11 Å². The van der Waals surface area contributed by atoms with Crippen LogP contribution in [-0.4, -0.2) is 55.5 Å². The lowest BCUT2D eigenvalue weighted by molar-refractivity contribution is 0.0695. The number of hydrogen-bond acceptors (Lipinski definition) is 4. The van der Waals surface area contributed by atoms with E-state index in [0.29, 0.717) is 30.7 Å². The Kier molecular flexibility index (Phi) is 5.00. The highest BCUT2D eigenvalue weighted by Gasteiger charge is 2.27. The van der Waals surface area contributed by atoms with Crippen molar-refractivity contribution in [3.8, 4) is 0 Å². The molecule has 1 atom stereocenters. The van der Waals surface area contributed by atoms with Crippen LogP contribution in [0.4, 0.5) is 0 Å². The van der Waals surface area contributed by atoms with Crippen molar-refractivity contribution in [2.75, 3.05) is 25.1 Å². The van der Waals surface area contributed by atoms with E-state index < -0.39 is 15.8 Å². The number of sulfone groups is 1. The van der Waals surface area contributed by atoms with Crippen molar-refractivity contribution in [3.05, 3.63) is 35.4 Å². The smallest absolute Gasteiger partial charge is 0.335 e. The van der Waals surface area contributed by atoms with Crippen LogP contribution in [-0.2, 0) is 16.3 Å². The number of rotatable bonds is 5. The number of benzene rings is 1. The minimum Gasteiger partial charge on any atom is -0.478 e. The Morgan fingerprint density at radius 3 is 2.76 bits per heavy atom. The van der Waals surface area contributed by atoms with Gasteiger partial charge in [0.1, 0.15) is 0 Å². The molecule has 1 aromatic rings. The van der Waals surface area contributed by atoms with Crippen molar-refractivity contribution in [1.82, 2.24) is 4.90 Å². The summed E-state index contributed by atoms with van der Waals surface area (Å²) < 4.78 is 23.4. The first-order valence-electron chi connectivity index (χ1n) is 7.11. The number of likely N-dealkylation sites (N-methyl/N-ethyl adjacent to an activating group) is 1. The van der Waals surface area contributed by atoms with E-state index in [9.17, 15) is 13.2 Å². The van der Waals surface area contributed by atoms with Gasteiger partial charge in [-0.25, -0.2) is 13.2 Å². The van der Waals surface area contributed by atoms with E-state index >= 15 is 0 Å². The van der Waals surface area contributed by atoms with Gasteiger partial charge >= 0.3 is 5.97 Å². The predicted octanol–water partition coefficient (Wildman–Crippen LogP) is 1.44. The number of carbonyl (C=O) groups is 1. The van der Waals surface area contributed by atoms with Crippen LogP contribution in [0, 0.1) is 0 Å². The summed E-state index contributed by atoms with van der Waals surface area (Å²) in [5, 5.41) is 9.16. The summed E-state index contributed by atoms with van der Waals surface area (Å²) in [5.74, 6) is -0.419. The van der Waals surface area contributed by atoms with E-state index in [1.807, 2.05) is 24.1 Å². The molecule has 0 aliphatic carbocycles. The first kappa shape index (κ1) is 16.0. The number of carboxylic acid groups (broad SMARTS) is 1. The average Bonchev–Trinajstić information content (AvgIpc) is 2.43. The molecule has 2 rings (SSSR count). The molecule has 0 radical (unpaired) electrons. The molecule has 1 aliphatic heterocycles. The third-order valence-electron chi connectivity index (χ3n) is 4.04. The maximum atomic E-state index is 11.7. The molecule has 1 aliphatic rings. The van der Waals surface area contributed by atoms with Crippen LogP contribution in [0.1, 0.15) is 28.8 Å². The number of nitrogens with zero attached hydrogens (tertiary/aromatic N) is 1. The molecule has 0 spiro atoms. The lowest BCUT2D eigenvalue weighted by Crippen LogP contribution is -2.42. The fraction of sp³-hybridized carbons (Fsp3) is 0.533. The SMILES string of the molecule is CN(CCc1ccccc1C(=O)O)C1CCCS(=O)(=O)C1. The monoisotopic (exact) mass is 311 g/mol. The molecule has 1 fully saturated rings. The second kappa shape index (κ2) is 6.58. The summed E-state index contributed by atoms with van der Waals surface area (Å²) >= 11 is 0. The third kappa shape index (κ3) is 4.28. The topological polar surface area (TPSA) is 74.7 Å². The summed E-state index contributed by atoms with van der Waals surface area (Å²) in [6.45, 7) is 0.657. The molecular formula is C15H21NO4S. The Balaban J connectivity index is 1.98. The highest BCUT2D eigenvalue weighted by molar-refractivity contribution is 7.91. The molecule has 6 heteroatoms. The molecule has 21 heavy (non-hydrogen) atoms. The Morgan fingerprint density at radius 1 is 1.38 bits per heavy atom. The first-order chi connectivity index (χ1) is 9.89. The van der Waals surface area contributed by atoms with Gasteiger partial charge in [-0.2, -0.15) is 0 Å². The van der Waals surface area contributed by atoms with Gasteiger partial charge in [-0.1, -0.05) is 18.2 Å². The second-order valence-electron chi connectivity index (χ2n) is 5.60. The van der Waals surface area contributed by atoms with Crippen molar-refractivity contribution in [2.45, 2.75) is 25.3 Å². The third-order valence-corrected chi connectivity index (χ3v) is 5.85. The Labute approximate surface area is 125 Å². The van der Waals surface area contributed by atoms with E-state index in [1.54, 1.807) is 12.1 Å². The summed E-state index contributed by atoms with van der Waals surface area (Å²) in [7, 11) is -1.01. The van der Waals surface area contributed by atoms with E-state index in [-0.39, 0.29) is 11.8 Å². The molecule has 0 aromatic heterocycles. The van der Waals surface area contributed by atoms with Crippen LogP contribution in [0.2, 0.25) is 0 Å². The van der Waals surface area contributed by atoms with Gasteiger partial charge in [0.2, 0.25) is 0 Å². The van der Waals surface area contributed by atoms with E-state index in [2.05, 4.69) is 0 Å². The predicted molar refractivity (Wildman–Crippen MR) is 81.4 cm³/mol. The summed E-state index contributed by atoms with van der Waals surface area (Å²) in [4.78, 5) is 13.2. The van der Waals surface area contributed by atoms with Gasteiger partial charge < -0.3 is 10.0 Å². The summed E-state index contributed by atoms with van der Waals surface area (Å²) in [6, 6.07) is 7.00. The highest BCUT2D eigenvalue weighted by atomic mass is 32.2. The molecule has 1 N–H and O–H groups in total. The quantitative estimate of drug-likeness (QED) is 0.890. The average molecular weight is 311 g/mol. The molecule has 1 heterocycles. The molecular weight excluding hydrogens is 290 g/mol. The molecule has 116 valence electrons. The Morgan fingerprint density at radius 2 is 2.10 bits per heavy atom. The van der Waals surface area contributed by atoms with Crippen molar-refractivity contribution in [2.24, 2.45) is 0 Å². The van der Waals surface area contributed by atoms with E-state index in [0.717, 1.165) is 12.0 Å². The highest BCUT2D eigenvalue weighted by Crippen LogP contribution is 2.17. The van der Waals surface area contributed by atoms with Crippen molar-refractivity contribution < 1.29 is 18.3 Å². The second-order valence-corrected chi connectivity index (χ2v) is 7.83. The molecule has 1 unspecified atom stereocenters. The molecule has 5 nitrogen and oxygen atoms in total. The minimum atomic E-state index is -2.92. The summed E-state index contributed by atoms with van der Waals surface area (Å²) in [6.07, 6.45) is 2.20. The molecule has 1 saturated heterocycles. The van der Waals surface area contributed by atoms with Crippen LogP contribution in [0.5, 0.6) is 0 Å². The van der Waals surface area contributed by atoms with Crippen LogP contribution in [0.3, 0.4) is 0 Å². The molecule has 1 aromatic carbocycles. The largest absolute Gasteiger partial charge is 0.478 e. The van der Waals surface area contributed by atoms with Gasteiger partial charge in [0, 0.05) is 12.6 Å². The van der Waals surface area contributed by atoms with Gasteiger partial charge in [-0.3, -0.25) is 0 Å². The van der Waals surface area contributed by atoms with Gasteiger partial charge in [0.15, 0.2) is 9.84 Å². The fourth-order valence-corrected chi connectivity index (χ4v) is 4.55. The lowest BCUT2D eigenvalue weighted by Gasteiger charge is -2.31. The number of aromatic carboxylic acids is 1. The lowest BCUT2D eigenvalue weighted by atomic mass is 10.0. The number of hydrogen-bond donors (Lipinski definition) is 1. The summed E-state index contributed by atoms with van der Waals surface area (Å²) in [5.41, 5.74) is 1.11. The number of carboxylic acids is 1. The van der Waals surface area contributed by atoms with Crippen molar-refractivity contribution in [1.29, 1.82) is 0 Å². The molecule has 0 amide bonds. The van der Waals surface area contributed by atoms with Crippen LogP contribution >= 0.6 is 0 Å². The van der Waals surface area contributed by atoms with Crippen LogP contribution in [0.25, 0.3) is 0 Å². The Bertz CT molecular complexity index is 612. The normalized spacial score (nSPS) is 21.3. The standard InChI is InChI=1S/C15H21NO4S/c1-16(13-6-4-10-21(19,20)11-13)9-8-12-5-2-3-7-14(12)15(17)18/h2-3,5,7,13H,4,6,8-11H2,1H3,(H,17,18). The zero-order valence-electron chi connectivity index (χ0n) is 12.2. The molecule has 0 saturated carbocycles. The Hall–Kier alpha value is -1.40. The van der Waals surface area contributed by atoms with Gasteiger partial charge in [-0.15, -0.1) is 0 Å². The van der Waals surface area contributed by atoms with Crippen LogP contribution in [0.15, 0.2) is 24.3 Å². The van der Waals surface area contributed by atoms with Crippen molar-refractivity contribution in [3.63, 3.8) is 0 Å². The first-order valence-corrected chi connectivity index (χ1v) is 8.93. The van der Waals surface area contributed by atoms with Gasteiger partial charge in [-0.05, 0) is 37.9 Å². The van der Waals surface area contributed by atoms with E-state index in [1.165, 1.54) is 0 Å². The van der Waals surface area contributed by atoms with Crippen LogP contribution < -0.4 is 0 Å².